The molecule has 80 valence electrons. The van der Waals surface area contributed by atoms with E-state index < -0.39 is 0 Å². The Labute approximate surface area is 85.6 Å². The van der Waals surface area contributed by atoms with Crippen molar-refractivity contribution in [2.45, 2.75) is 25.2 Å². The van der Waals surface area contributed by atoms with Gasteiger partial charge in [-0.2, -0.15) is 0 Å². The molecule has 0 unspecified atom stereocenters. The van der Waals surface area contributed by atoms with Crippen LogP contribution in [0.15, 0.2) is 0 Å². The highest BCUT2D eigenvalue weighted by atomic mass is 15.6. The molecule has 0 aromatic carbocycles. The van der Waals surface area contributed by atoms with Crippen LogP contribution in [0.25, 0.3) is 0 Å². The average Bonchev–Trinajstić information content (AvgIpc) is 2.49. The van der Waals surface area contributed by atoms with Crippen LogP contribution in [0.1, 0.15) is 13.8 Å². The van der Waals surface area contributed by atoms with Crippen molar-refractivity contribution in [2.24, 2.45) is 0 Å². The third kappa shape index (κ3) is 0.877. The van der Waals surface area contributed by atoms with Crippen LogP contribution in [0.4, 0.5) is 0 Å². The topological polar surface area (TPSA) is 30.5 Å². The molecule has 0 spiro atoms. The maximum atomic E-state index is 3.64. The molecule has 0 amide bonds. The van der Waals surface area contributed by atoms with Crippen LogP contribution in [0.5, 0.6) is 0 Å². The number of nitrogens with one attached hydrogen (secondary N) is 2. The van der Waals surface area contributed by atoms with Gasteiger partial charge in [-0.25, -0.2) is 0 Å². The molecule has 0 radical (unpaired) electrons. The zero-order valence-electron chi connectivity index (χ0n) is 9.14. The summed E-state index contributed by atoms with van der Waals surface area (Å²) < 4.78 is 0. The van der Waals surface area contributed by atoms with Gasteiger partial charge in [0.2, 0.25) is 0 Å². The van der Waals surface area contributed by atoms with Gasteiger partial charge in [-0.05, 0) is 13.8 Å². The van der Waals surface area contributed by atoms with Crippen LogP contribution in [-0.2, 0) is 0 Å². The second-order valence-corrected chi connectivity index (χ2v) is 4.97. The molecule has 4 nitrogen and oxygen atoms in total. The van der Waals surface area contributed by atoms with E-state index in [0.717, 1.165) is 13.1 Å². The zero-order chi connectivity index (χ0) is 9.81. The van der Waals surface area contributed by atoms with Gasteiger partial charge in [-0.15, -0.1) is 0 Å². The predicted molar refractivity (Wildman–Crippen MR) is 56.0 cm³/mol. The molecule has 3 heterocycles. The Morgan fingerprint density at radius 1 is 0.857 bits per heavy atom. The molecule has 0 atom stereocenters. The third-order valence-corrected chi connectivity index (χ3v) is 4.54. The first kappa shape index (κ1) is 9.09. The SMILES string of the molecule is CC12NCCN3CCN(CCN1)C32C. The second-order valence-electron chi connectivity index (χ2n) is 4.97. The Hall–Kier alpha value is -0.160. The molecule has 3 aliphatic heterocycles. The van der Waals surface area contributed by atoms with Crippen molar-refractivity contribution in [1.29, 1.82) is 0 Å². The van der Waals surface area contributed by atoms with Crippen molar-refractivity contribution < 1.29 is 0 Å². The lowest BCUT2D eigenvalue weighted by molar-refractivity contribution is -0.108. The van der Waals surface area contributed by atoms with Gasteiger partial charge in [0, 0.05) is 39.3 Å². The fraction of sp³-hybridized carbons (Fsp3) is 1.00. The highest BCUT2D eigenvalue weighted by Crippen LogP contribution is 2.38. The van der Waals surface area contributed by atoms with E-state index in [0.29, 0.717) is 0 Å². The molecule has 14 heavy (non-hydrogen) atoms. The van der Waals surface area contributed by atoms with Crippen molar-refractivity contribution in [3.63, 3.8) is 0 Å². The first-order valence-electron chi connectivity index (χ1n) is 5.67. The van der Waals surface area contributed by atoms with Crippen molar-refractivity contribution >= 4 is 0 Å². The highest BCUT2D eigenvalue weighted by molar-refractivity contribution is 5.13. The molecule has 0 aromatic rings. The van der Waals surface area contributed by atoms with E-state index in [9.17, 15) is 0 Å². The maximum Gasteiger partial charge on any atom is 0.103 e. The van der Waals surface area contributed by atoms with Gasteiger partial charge in [0.05, 0.1) is 5.66 Å². The van der Waals surface area contributed by atoms with E-state index >= 15 is 0 Å². The van der Waals surface area contributed by atoms with Gasteiger partial charge in [0.15, 0.2) is 0 Å². The molecule has 3 fully saturated rings. The Balaban J connectivity index is 2.03. The first-order chi connectivity index (χ1) is 6.67. The van der Waals surface area contributed by atoms with Crippen LogP contribution < -0.4 is 10.6 Å². The summed E-state index contributed by atoms with van der Waals surface area (Å²) in [4.78, 5) is 5.24. The molecule has 0 bridgehead atoms. The Morgan fingerprint density at radius 3 is 1.86 bits per heavy atom. The average molecular weight is 196 g/mol. The molecule has 3 aliphatic rings. The van der Waals surface area contributed by atoms with E-state index in [1.54, 1.807) is 0 Å². The Kier molecular flexibility index (Phi) is 1.75. The lowest BCUT2D eigenvalue weighted by atomic mass is 9.89. The lowest BCUT2D eigenvalue weighted by Crippen LogP contribution is -2.83. The van der Waals surface area contributed by atoms with Crippen LogP contribution in [0.3, 0.4) is 0 Å². The number of rotatable bonds is 0. The van der Waals surface area contributed by atoms with Gasteiger partial charge >= 0.3 is 0 Å². The summed E-state index contributed by atoms with van der Waals surface area (Å²) in [6, 6.07) is 0. The molecular formula is C10H20N4. The van der Waals surface area contributed by atoms with Crippen molar-refractivity contribution in [3.05, 3.63) is 0 Å². The predicted octanol–water partition coefficient (Wildman–Crippen LogP) is -0.757. The monoisotopic (exact) mass is 196 g/mol. The molecule has 0 saturated carbocycles. The molecule has 0 aliphatic carbocycles. The molecule has 3 rings (SSSR count). The third-order valence-electron chi connectivity index (χ3n) is 4.54. The minimum absolute atomic E-state index is 0.0694. The Bertz CT molecular complexity index is 235. The maximum absolute atomic E-state index is 3.64. The minimum Gasteiger partial charge on any atom is -0.296 e. The quantitative estimate of drug-likeness (QED) is 0.533. The van der Waals surface area contributed by atoms with E-state index in [1.807, 2.05) is 0 Å². The van der Waals surface area contributed by atoms with Gasteiger partial charge in [-0.3, -0.25) is 20.4 Å². The second kappa shape index (κ2) is 2.70. The van der Waals surface area contributed by atoms with Crippen molar-refractivity contribution in [1.82, 2.24) is 20.4 Å². The Morgan fingerprint density at radius 2 is 1.36 bits per heavy atom. The van der Waals surface area contributed by atoms with E-state index in [1.165, 1.54) is 26.2 Å². The molecule has 0 aromatic heterocycles. The highest BCUT2D eigenvalue weighted by Gasteiger charge is 2.58. The molecule has 3 saturated heterocycles. The number of piperazine rings is 2. The van der Waals surface area contributed by atoms with Gasteiger partial charge in [0.25, 0.3) is 0 Å². The lowest BCUT2D eigenvalue weighted by Gasteiger charge is -2.59. The van der Waals surface area contributed by atoms with Crippen molar-refractivity contribution in [3.8, 4) is 0 Å². The van der Waals surface area contributed by atoms with Gasteiger partial charge in [0.1, 0.15) is 5.66 Å². The summed E-state index contributed by atoms with van der Waals surface area (Å²) in [5, 5.41) is 7.29. The number of hydrogen-bond donors (Lipinski definition) is 2. The zero-order valence-corrected chi connectivity index (χ0v) is 9.14. The number of hydrogen-bond acceptors (Lipinski definition) is 4. The van der Waals surface area contributed by atoms with Crippen LogP contribution >= 0.6 is 0 Å². The fourth-order valence-electron chi connectivity index (χ4n) is 3.45. The normalized spacial score (nSPS) is 49.3. The minimum atomic E-state index is 0.0694. The fourth-order valence-corrected chi connectivity index (χ4v) is 3.45. The summed E-state index contributed by atoms with van der Waals surface area (Å²) in [5.41, 5.74) is 0.253. The molecule has 4 heteroatoms. The summed E-state index contributed by atoms with van der Waals surface area (Å²) in [6.45, 7) is 11.7. The summed E-state index contributed by atoms with van der Waals surface area (Å²) in [7, 11) is 0. The standard InChI is InChI=1S/C10H20N4/c1-9-10(2)13(5-3-11-9)7-8-14(10)6-4-12-9/h11-12H,3-8H2,1-2H3. The smallest absolute Gasteiger partial charge is 0.103 e. The van der Waals surface area contributed by atoms with E-state index in [-0.39, 0.29) is 11.3 Å². The van der Waals surface area contributed by atoms with E-state index in [2.05, 4.69) is 34.3 Å². The van der Waals surface area contributed by atoms with E-state index in [4.69, 9.17) is 0 Å². The van der Waals surface area contributed by atoms with Crippen LogP contribution in [-0.4, -0.2) is 60.4 Å². The number of nitrogens with zero attached hydrogens (tertiary/aromatic N) is 2. The van der Waals surface area contributed by atoms with Gasteiger partial charge in [-0.1, -0.05) is 0 Å². The van der Waals surface area contributed by atoms with Gasteiger partial charge < -0.3 is 0 Å². The summed E-state index contributed by atoms with van der Waals surface area (Å²) >= 11 is 0. The summed E-state index contributed by atoms with van der Waals surface area (Å²) in [5.74, 6) is 0. The van der Waals surface area contributed by atoms with Crippen LogP contribution in [0.2, 0.25) is 0 Å². The summed E-state index contributed by atoms with van der Waals surface area (Å²) in [6.07, 6.45) is 0. The molecule has 2 N–H and O–H groups in total. The first-order valence-corrected chi connectivity index (χ1v) is 5.67. The molecular weight excluding hydrogens is 176 g/mol. The largest absolute Gasteiger partial charge is 0.296 e. The van der Waals surface area contributed by atoms with Crippen molar-refractivity contribution in [2.75, 3.05) is 39.3 Å². The van der Waals surface area contributed by atoms with Crippen LogP contribution in [0, 0.1) is 0 Å².